The zero-order chi connectivity index (χ0) is 15.4. The molecule has 4 nitrogen and oxygen atoms in total. The molecule has 1 amide bonds. The molecule has 1 saturated carbocycles. The van der Waals surface area contributed by atoms with Crippen molar-refractivity contribution < 1.29 is 14.7 Å². The second-order valence-electron chi connectivity index (χ2n) is 5.89. The Labute approximate surface area is 125 Å². The average Bonchev–Trinajstić information content (AvgIpc) is 3.23. The molecule has 1 unspecified atom stereocenters. The van der Waals surface area contributed by atoms with E-state index in [4.69, 9.17) is 5.11 Å². The van der Waals surface area contributed by atoms with Gasteiger partial charge in [-0.3, -0.25) is 9.59 Å². The van der Waals surface area contributed by atoms with Crippen LogP contribution in [0.3, 0.4) is 0 Å². The first kappa shape index (κ1) is 15.5. The number of nitrogens with zero attached hydrogens (tertiary/aromatic N) is 1. The van der Waals surface area contributed by atoms with Crippen LogP contribution in [0.4, 0.5) is 0 Å². The van der Waals surface area contributed by atoms with Gasteiger partial charge in [-0.15, -0.1) is 0 Å². The molecule has 1 fully saturated rings. The maximum Gasteiger partial charge on any atom is 0.323 e. The second kappa shape index (κ2) is 6.74. The van der Waals surface area contributed by atoms with E-state index in [0.29, 0.717) is 18.3 Å². The summed E-state index contributed by atoms with van der Waals surface area (Å²) in [6.07, 6.45) is 2.25. The van der Waals surface area contributed by atoms with Crippen molar-refractivity contribution in [2.24, 2.45) is 5.92 Å². The van der Waals surface area contributed by atoms with Crippen LogP contribution < -0.4 is 0 Å². The fraction of sp³-hybridized carbons (Fsp3) is 0.529. The summed E-state index contributed by atoms with van der Waals surface area (Å²) in [7, 11) is 0. The summed E-state index contributed by atoms with van der Waals surface area (Å²) < 4.78 is 0. The number of carboxylic acids is 1. The SMILES string of the molecule is CCC(C)N(CC(=O)O)C(=O)C[C@@H]1C[C@H]1c1ccccc1. The van der Waals surface area contributed by atoms with Crippen molar-refractivity contribution in [2.75, 3.05) is 6.54 Å². The fourth-order valence-electron chi connectivity index (χ4n) is 2.78. The smallest absolute Gasteiger partial charge is 0.323 e. The Morgan fingerprint density at radius 3 is 2.57 bits per heavy atom. The number of rotatable bonds is 7. The van der Waals surface area contributed by atoms with Gasteiger partial charge in [0.25, 0.3) is 0 Å². The molecular weight excluding hydrogens is 266 g/mol. The molecule has 0 bridgehead atoms. The van der Waals surface area contributed by atoms with Crippen LogP contribution in [0.1, 0.15) is 44.6 Å². The lowest BCUT2D eigenvalue weighted by molar-refractivity contribution is -0.146. The molecule has 0 radical (unpaired) electrons. The number of aliphatic carboxylic acids is 1. The third-order valence-electron chi connectivity index (χ3n) is 4.34. The van der Waals surface area contributed by atoms with Gasteiger partial charge in [0.1, 0.15) is 6.54 Å². The molecule has 0 heterocycles. The first-order valence-corrected chi connectivity index (χ1v) is 7.59. The number of hydrogen-bond donors (Lipinski definition) is 1. The minimum absolute atomic E-state index is 0.0254. The number of carbonyl (C=O) groups is 2. The summed E-state index contributed by atoms with van der Waals surface area (Å²) in [5.41, 5.74) is 1.28. The van der Waals surface area contributed by atoms with E-state index in [9.17, 15) is 9.59 Å². The minimum Gasteiger partial charge on any atom is -0.480 e. The van der Waals surface area contributed by atoms with E-state index in [2.05, 4.69) is 12.1 Å². The Bertz CT molecular complexity index is 500. The second-order valence-corrected chi connectivity index (χ2v) is 5.89. The number of carbonyl (C=O) groups excluding carboxylic acids is 1. The van der Waals surface area contributed by atoms with E-state index in [1.807, 2.05) is 32.0 Å². The van der Waals surface area contributed by atoms with Crippen LogP contribution in [0.15, 0.2) is 30.3 Å². The van der Waals surface area contributed by atoms with Gasteiger partial charge in [0, 0.05) is 12.5 Å². The highest BCUT2D eigenvalue weighted by Gasteiger charge is 2.40. The first-order valence-electron chi connectivity index (χ1n) is 7.59. The molecule has 3 atom stereocenters. The molecule has 114 valence electrons. The number of benzene rings is 1. The van der Waals surface area contributed by atoms with E-state index in [-0.39, 0.29) is 18.5 Å². The zero-order valence-electron chi connectivity index (χ0n) is 12.7. The third kappa shape index (κ3) is 4.06. The molecule has 0 aromatic heterocycles. The van der Waals surface area contributed by atoms with Gasteiger partial charge in [0.2, 0.25) is 5.91 Å². The lowest BCUT2D eigenvalue weighted by Crippen LogP contribution is -2.42. The van der Waals surface area contributed by atoms with Gasteiger partial charge in [-0.25, -0.2) is 0 Å². The third-order valence-corrected chi connectivity index (χ3v) is 4.34. The number of carboxylic acid groups (broad SMARTS) is 1. The highest BCUT2D eigenvalue weighted by Crippen LogP contribution is 2.49. The van der Waals surface area contributed by atoms with E-state index in [1.165, 1.54) is 10.5 Å². The van der Waals surface area contributed by atoms with Crippen molar-refractivity contribution >= 4 is 11.9 Å². The summed E-state index contributed by atoms with van der Waals surface area (Å²) in [5, 5.41) is 8.96. The Hall–Kier alpha value is -1.84. The molecule has 1 N–H and O–H groups in total. The molecule has 1 aliphatic carbocycles. The van der Waals surface area contributed by atoms with Crippen molar-refractivity contribution in [1.82, 2.24) is 4.90 Å². The Morgan fingerprint density at radius 1 is 1.33 bits per heavy atom. The van der Waals surface area contributed by atoms with Gasteiger partial charge >= 0.3 is 5.97 Å². The summed E-state index contributed by atoms with van der Waals surface area (Å²) in [5.74, 6) is -0.159. The summed E-state index contributed by atoms with van der Waals surface area (Å²) in [6, 6.07) is 10.2. The monoisotopic (exact) mass is 289 g/mol. The van der Waals surface area contributed by atoms with Crippen LogP contribution >= 0.6 is 0 Å². The minimum atomic E-state index is -0.945. The molecule has 1 aromatic rings. The van der Waals surface area contributed by atoms with Gasteiger partial charge in [-0.2, -0.15) is 0 Å². The highest BCUT2D eigenvalue weighted by atomic mass is 16.4. The van der Waals surface area contributed by atoms with Crippen molar-refractivity contribution in [3.8, 4) is 0 Å². The summed E-state index contributed by atoms with van der Waals surface area (Å²) in [4.78, 5) is 24.8. The number of hydrogen-bond acceptors (Lipinski definition) is 2. The zero-order valence-corrected chi connectivity index (χ0v) is 12.7. The Balaban J connectivity index is 1.93. The normalized spacial score (nSPS) is 21.6. The van der Waals surface area contributed by atoms with Gasteiger partial charge in [0.15, 0.2) is 0 Å². The van der Waals surface area contributed by atoms with Crippen molar-refractivity contribution in [3.63, 3.8) is 0 Å². The summed E-state index contributed by atoms with van der Waals surface area (Å²) >= 11 is 0. The number of amides is 1. The fourth-order valence-corrected chi connectivity index (χ4v) is 2.78. The van der Waals surface area contributed by atoms with Gasteiger partial charge in [-0.1, -0.05) is 37.3 Å². The van der Waals surface area contributed by atoms with Gasteiger partial charge in [-0.05, 0) is 37.2 Å². The quantitative estimate of drug-likeness (QED) is 0.839. The molecule has 1 aliphatic rings. The Morgan fingerprint density at radius 2 is 2.00 bits per heavy atom. The lowest BCUT2D eigenvalue weighted by atomic mass is 10.1. The molecular formula is C17H23NO3. The average molecular weight is 289 g/mol. The molecule has 0 aliphatic heterocycles. The van der Waals surface area contributed by atoms with Crippen molar-refractivity contribution in [3.05, 3.63) is 35.9 Å². The van der Waals surface area contributed by atoms with Crippen molar-refractivity contribution in [2.45, 2.75) is 45.1 Å². The van der Waals surface area contributed by atoms with Crippen LogP contribution in [-0.4, -0.2) is 34.5 Å². The highest BCUT2D eigenvalue weighted by molar-refractivity contribution is 5.82. The van der Waals surface area contributed by atoms with Crippen LogP contribution in [0.25, 0.3) is 0 Å². The van der Waals surface area contributed by atoms with Crippen molar-refractivity contribution in [1.29, 1.82) is 0 Å². The summed E-state index contributed by atoms with van der Waals surface area (Å²) in [6.45, 7) is 3.68. The molecule has 0 spiro atoms. The molecule has 4 heteroatoms. The van der Waals surface area contributed by atoms with Crippen LogP contribution in [0.5, 0.6) is 0 Å². The maximum absolute atomic E-state index is 12.4. The largest absolute Gasteiger partial charge is 0.480 e. The molecule has 0 saturated heterocycles. The topological polar surface area (TPSA) is 57.6 Å². The van der Waals surface area contributed by atoms with E-state index in [0.717, 1.165) is 12.8 Å². The van der Waals surface area contributed by atoms with Crippen LogP contribution in [0, 0.1) is 5.92 Å². The Kier molecular flexibility index (Phi) is 4.99. The predicted molar refractivity (Wildman–Crippen MR) is 81.0 cm³/mol. The molecule has 21 heavy (non-hydrogen) atoms. The van der Waals surface area contributed by atoms with E-state index >= 15 is 0 Å². The maximum atomic E-state index is 12.4. The standard InChI is InChI=1S/C17H23NO3/c1-3-12(2)18(11-17(20)21)16(19)10-14-9-15(14)13-7-5-4-6-8-13/h4-8,12,14-15H,3,9-11H2,1-2H3,(H,20,21)/t12?,14-,15-/m0/s1. The van der Waals surface area contributed by atoms with E-state index in [1.54, 1.807) is 0 Å². The van der Waals surface area contributed by atoms with E-state index < -0.39 is 5.97 Å². The lowest BCUT2D eigenvalue weighted by Gasteiger charge is -2.27. The molecule has 1 aromatic carbocycles. The predicted octanol–water partition coefficient (Wildman–Crippen LogP) is 2.89. The van der Waals surface area contributed by atoms with Gasteiger partial charge < -0.3 is 10.0 Å². The molecule has 2 rings (SSSR count). The van der Waals surface area contributed by atoms with Crippen LogP contribution in [-0.2, 0) is 9.59 Å². The van der Waals surface area contributed by atoms with Gasteiger partial charge in [0.05, 0.1) is 0 Å². The first-order chi connectivity index (χ1) is 10.0. The van der Waals surface area contributed by atoms with Crippen LogP contribution in [0.2, 0.25) is 0 Å².